The number of rotatable bonds is 3. The predicted molar refractivity (Wildman–Crippen MR) is 71.1 cm³/mol. The van der Waals surface area contributed by atoms with Gasteiger partial charge in [0.1, 0.15) is 0 Å². The summed E-state index contributed by atoms with van der Waals surface area (Å²) in [6.45, 7) is 3.02. The molecule has 1 aromatic rings. The molecule has 1 heterocycles. The van der Waals surface area contributed by atoms with Gasteiger partial charge in [0.15, 0.2) is 0 Å². The molecule has 0 spiro atoms. The van der Waals surface area contributed by atoms with Crippen LogP contribution in [0, 0.1) is 5.92 Å². The van der Waals surface area contributed by atoms with Crippen LogP contribution in [0.15, 0.2) is 24.3 Å². The lowest BCUT2D eigenvalue weighted by atomic mass is 10.1. The van der Waals surface area contributed by atoms with Gasteiger partial charge in [0.25, 0.3) is 0 Å². The highest BCUT2D eigenvalue weighted by Crippen LogP contribution is 2.30. The summed E-state index contributed by atoms with van der Waals surface area (Å²) in [5, 5.41) is 0. The Labute approximate surface area is 117 Å². The third kappa shape index (κ3) is 4.37. The zero-order valence-corrected chi connectivity index (χ0v) is 11.3. The molecule has 1 atom stereocenters. The largest absolute Gasteiger partial charge is 0.416 e. The average Bonchev–Trinajstić information content (AvgIpc) is 2.76. The van der Waals surface area contributed by atoms with Crippen LogP contribution in [-0.4, -0.2) is 24.5 Å². The van der Waals surface area contributed by atoms with Crippen LogP contribution in [0.2, 0.25) is 0 Å². The highest BCUT2D eigenvalue weighted by atomic mass is 35.5. The van der Waals surface area contributed by atoms with E-state index < -0.39 is 11.7 Å². The first-order valence-electron chi connectivity index (χ1n) is 6.07. The molecular formula is C13H18ClF3N2. The van der Waals surface area contributed by atoms with Gasteiger partial charge in [-0.05, 0) is 37.1 Å². The number of nitrogens with two attached hydrogens (primary N) is 1. The molecule has 1 fully saturated rings. The van der Waals surface area contributed by atoms with Crippen molar-refractivity contribution in [1.29, 1.82) is 0 Å². The van der Waals surface area contributed by atoms with Crippen LogP contribution in [0.1, 0.15) is 17.5 Å². The maximum Gasteiger partial charge on any atom is 0.416 e. The molecular weight excluding hydrogens is 277 g/mol. The van der Waals surface area contributed by atoms with Gasteiger partial charge in [-0.2, -0.15) is 13.2 Å². The molecule has 2 N–H and O–H groups in total. The number of nitrogens with zero attached hydrogens (tertiary/aromatic N) is 1. The molecule has 1 saturated heterocycles. The molecule has 2 nitrogen and oxygen atoms in total. The first kappa shape index (κ1) is 16.3. The Kier molecular flexibility index (Phi) is 5.64. The van der Waals surface area contributed by atoms with Gasteiger partial charge in [-0.1, -0.05) is 18.2 Å². The molecule has 6 heteroatoms. The second kappa shape index (κ2) is 6.59. The van der Waals surface area contributed by atoms with Crippen LogP contribution in [0.25, 0.3) is 0 Å². The maximum atomic E-state index is 12.6. The summed E-state index contributed by atoms with van der Waals surface area (Å²) in [7, 11) is 0. The van der Waals surface area contributed by atoms with E-state index in [0.29, 0.717) is 24.6 Å². The van der Waals surface area contributed by atoms with E-state index in [1.807, 2.05) is 0 Å². The number of benzene rings is 1. The van der Waals surface area contributed by atoms with Crippen molar-refractivity contribution in [3.05, 3.63) is 35.4 Å². The van der Waals surface area contributed by atoms with Crippen molar-refractivity contribution in [1.82, 2.24) is 4.90 Å². The second-order valence-corrected chi connectivity index (χ2v) is 4.82. The Balaban J connectivity index is 0.00000180. The minimum Gasteiger partial charge on any atom is -0.330 e. The fourth-order valence-electron chi connectivity index (χ4n) is 2.35. The summed E-state index contributed by atoms with van der Waals surface area (Å²) in [5.74, 6) is 0.482. The normalized spacial score (nSPS) is 20.3. The van der Waals surface area contributed by atoms with Crippen LogP contribution in [-0.2, 0) is 12.7 Å². The fourth-order valence-corrected chi connectivity index (χ4v) is 2.35. The van der Waals surface area contributed by atoms with E-state index >= 15 is 0 Å². The van der Waals surface area contributed by atoms with Gasteiger partial charge >= 0.3 is 6.18 Å². The van der Waals surface area contributed by atoms with E-state index in [0.717, 1.165) is 25.6 Å². The SMILES string of the molecule is Cl.NCC1CCN(Cc2cccc(C(F)(F)F)c2)C1. The standard InChI is InChI=1S/C13H17F3N2.ClH/c14-13(15,16)12-3-1-2-10(6-12)8-18-5-4-11(7-17)9-18;/h1-3,6,11H,4-5,7-9,17H2;1H. The molecule has 19 heavy (non-hydrogen) atoms. The molecule has 108 valence electrons. The Morgan fingerprint density at radius 2 is 2.05 bits per heavy atom. The molecule has 2 rings (SSSR count). The Hall–Kier alpha value is -0.780. The molecule has 0 amide bonds. The lowest BCUT2D eigenvalue weighted by Gasteiger charge is -2.16. The molecule has 1 aliphatic heterocycles. The van der Waals surface area contributed by atoms with Crippen molar-refractivity contribution in [2.24, 2.45) is 11.7 Å². The first-order chi connectivity index (χ1) is 8.49. The average molecular weight is 295 g/mol. The smallest absolute Gasteiger partial charge is 0.330 e. The zero-order valence-electron chi connectivity index (χ0n) is 10.5. The van der Waals surface area contributed by atoms with Crippen molar-refractivity contribution in [2.45, 2.75) is 19.1 Å². The van der Waals surface area contributed by atoms with Gasteiger partial charge in [0.2, 0.25) is 0 Å². The van der Waals surface area contributed by atoms with E-state index in [-0.39, 0.29) is 12.4 Å². The van der Waals surface area contributed by atoms with Crippen LogP contribution in [0.5, 0.6) is 0 Å². The van der Waals surface area contributed by atoms with Crippen LogP contribution in [0.4, 0.5) is 13.2 Å². The summed E-state index contributed by atoms with van der Waals surface area (Å²) in [5.41, 5.74) is 5.73. The molecule has 1 aromatic carbocycles. The fraction of sp³-hybridized carbons (Fsp3) is 0.538. The highest BCUT2D eigenvalue weighted by Gasteiger charge is 2.30. The van der Waals surface area contributed by atoms with E-state index in [2.05, 4.69) is 4.90 Å². The summed E-state index contributed by atoms with van der Waals surface area (Å²) >= 11 is 0. The summed E-state index contributed by atoms with van der Waals surface area (Å²) < 4.78 is 37.7. The molecule has 1 aliphatic rings. The van der Waals surface area contributed by atoms with E-state index in [1.165, 1.54) is 12.1 Å². The number of hydrogen-bond donors (Lipinski definition) is 1. The van der Waals surface area contributed by atoms with E-state index in [9.17, 15) is 13.2 Å². The third-order valence-electron chi connectivity index (χ3n) is 3.36. The molecule has 1 unspecified atom stereocenters. The highest BCUT2D eigenvalue weighted by molar-refractivity contribution is 5.85. The van der Waals surface area contributed by atoms with Crippen molar-refractivity contribution >= 4 is 12.4 Å². The van der Waals surface area contributed by atoms with Gasteiger partial charge in [0, 0.05) is 13.1 Å². The van der Waals surface area contributed by atoms with Gasteiger partial charge in [-0.25, -0.2) is 0 Å². The van der Waals surface area contributed by atoms with Crippen LogP contribution >= 0.6 is 12.4 Å². The summed E-state index contributed by atoms with van der Waals surface area (Å²) in [6, 6.07) is 5.55. The van der Waals surface area contributed by atoms with Crippen molar-refractivity contribution in [3.63, 3.8) is 0 Å². The van der Waals surface area contributed by atoms with Gasteiger partial charge in [0.05, 0.1) is 5.56 Å². The zero-order chi connectivity index (χ0) is 13.2. The molecule has 0 aliphatic carbocycles. The Morgan fingerprint density at radius 3 is 2.63 bits per heavy atom. The molecule has 0 bridgehead atoms. The Morgan fingerprint density at radius 1 is 1.32 bits per heavy atom. The number of halogens is 4. The topological polar surface area (TPSA) is 29.3 Å². The van der Waals surface area contributed by atoms with Gasteiger partial charge < -0.3 is 5.73 Å². The maximum absolute atomic E-state index is 12.6. The Bertz CT molecular complexity index is 409. The minimum absolute atomic E-state index is 0. The number of likely N-dealkylation sites (tertiary alicyclic amines) is 1. The van der Waals surface area contributed by atoms with Crippen LogP contribution < -0.4 is 5.73 Å². The molecule has 0 saturated carbocycles. The van der Waals surface area contributed by atoms with Gasteiger partial charge in [-0.15, -0.1) is 12.4 Å². The summed E-state index contributed by atoms with van der Waals surface area (Å²) in [4.78, 5) is 2.16. The van der Waals surface area contributed by atoms with Gasteiger partial charge in [-0.3, -0.25) is 4.90 Å². The molecule has 0 aromatic heterocycles. The second-order valence-electron chi connectivity index (χ2n) is 4.82. The monoisotopic (exact) mass is 294 g/mol. The lowest BCUT2D eigenvalue weighted by Crippen LogP contribution is -2.23. The third-order valence-corrected chi connectivity index (χ3v) is 3.36. The minimum atomic E-state index is -4.26. The van der Waals surface area contributed by atoms with Crippen LogP contribution in [0.3, 0.4) is 0 Å². The lowest BCUT2D eigenvalue weighted by molar-refractivity contribution is -0.137. The predicted octanol–water partition coefficient (Wildman–Crippen LogP) is 2.91. The molecule has 0 radical (unpaired) electrons. The number of alkyl halides is 3. The van der Waals surface area contributed by atoms with E-state index in [4.69, 9.17) is 5.73 Å². The van der Waals surface area contributed by atoms with Crippen molar-refractivity contribution < 1.29 is 13.2 Å². The summed E-state index contributed by atoms with van der Waals surface area (Å²) in [6.07, 6.45) is -3.23. The van der Waals surface area contributed by atoms with Crippen molar-refractivity contribution in [2.75, 3.05) is 19.6 Å². The van der Waals surface area contributed by atoms with Crippen molar-refractivity contribution in [3.8, 4) is 0 Å². The van der Waals surface area contributed by atoms with E-state index in [1.54, 1.807) is 6.07 Å². The number of hydrogen-bond acceptors (Lipinski definition) is 2. The first-order valence-corrected chi connectivity index (χ1v) is 6.07. The quantitative estimate of drug-likeness (QED) is 0.929.